The van der Waals surface area contributed by atoms with Crippen LogP contribution in [0, 0.1) is 11.3 Å². The summed E-state index contributed by atoms with van der Waals surface area (Å²) in [6, 6.07) is 0. The summed E-state index contributed by atoms with van der Waals surface area (Å²) in [5, 5.41) is 0. The Morgan fingerprint density at radius 2 is 2.00 bits per heavy atom. The molecule has 2 rings (SSSR count). The normalized spacial score (nSPS) is 28.5. The molecule has 1 aliphatic heterocycles. The lowest BCUT2D eigenvalue weighted by Gasteiger charge is -2.48. The van der Waals surface area contributed by atoms with E-state index < -0.39 is 0 Å². The van der Waals surface area contributed by atoms with Crippen LogP contribution >= 0.6 is 0 Å². The van der Waals surface area contributed by atoms with Crippen molar-refractivity contribution < 1.29 is 9.53 Å². The highest BCUT2D eigenvalue weighted by molar-refractivity contribution is 5.79. The Morgan fingerprint density at radius 1 is 1.38 bits per heavy atom. The topological polar surface area (TPSA) is 26.3 Å². The van der Waals surface area contributed by atoms with E-state index in [0.717, 1.165) is 44.8 Å². The number of Topliss-reactive ketones (excluding diaryl/α,β-unsaturated/α-hetero) is 1. The molecule has 1 heterocycles. The Bertz CT molecular complexity index is 191. The lowest BCUT2D eigenvalue weighted by molar-refractivity contribution is -0.157. The molecule has 1 saturated carbocycles. The Morgan fingerprint density at radius 3 is 2.38 bits per heavy atom. The summed E-state index contributed by atoms with van der Waals surface area (Å²) < 4.78 is 5.32. The van der Waals surface area contributed by atoms with Crippen LogP contribution in [0.4, 0.5) is 0 Å². The molecule has 13 heavy (non-hydrogen) atoms. The maximum absolute atomic E-state index is 11.1. The first-order valence-electron chi connectivity index (χ1n) is 5.36. The van der Waals surface area contributed by atoms with Gasteiger partial charge in [-0.25, -0.2) is 0 Å². The number of rotatable bonds is 2. The zero-order valence-corrected chi connectivity index (χ0v) is 8.34. The van der Waals surface area contributed by atoms with Crippen molar-refractivity contribution in [1.82, 2.24) is 0 Å². The summed E-state index contributed by atoms with van der Waals surface area (Å²) in [7, 11) is 0. The monoisotopic (exact) mass is 182 g/mol. The third kappa shape index (κ3) is 1.52. The van der Waals surface area contributed by atoms with Crippen molar-refractivity contribution in [2.75, 3.05) is 13.2 Å². The zero-order valence-electron chi connectivity index (χ0n) is 8.34. The molecule has 74 valence electrons. The summed E-state index contributed by atoms with van der Waals surface area (Å²) >= 11 is 0. The Labute approximate surface area is 79.7 Å². The van der Waals surface area contributed by atoms with Crippen LogP contribution in [0.3, 0.4) is 0 Å². The second-order valence-electron chi connectivity index (χ2n) is 4.52. The molecule has 0 bridgehead atoms. The quantitative estimate of drug-likeness (QED) is 0.654. The predicted molar refractivity (Wildman–Crippen MR) is 50.5 cm³/mol. The van der Waals surface area contributed by atoms with E-state index in [0.29, 0.717) is 11.2 Å². The number of hydrogen-bond donors (Lipinski definition) is 0. The minimum Gasteiger partial charge on any atom is -0.380 e. The van der Waals surface area contributed by atoms with Gasteiger partial charge in [0, 0.05) is 18.3 Å². The second kappa shape index (κ2) is 3.41. The predicted octanol–water partition coefficient (Wildman–Crippen LogP) is 2.17. The number of ether oxygens (including phenoxy) is 1. The lowest BCUT2D eigenvalue weighted by Crippen LogP contribution is -2.49. The summed E-state index contributed by atoms with van der Waals surface area (Å²) in [6.45, 7) is 4.11. The lowest BCUT2D eigenvalue weighted by atomic mass is 9.66. The van der Waals surface area contributed by atoms with Gasteiger partial charge in [-0.05, 0) is 25.2 Å². The molecule has 0 N–H and O–H groups in total. The maximum Gasteiger partial charge on any atom is 0.132 e. The average Bonchev–Trinajstić information content (AvgIpc) is 2.07. The minimum atomic E-state index is 0.445. The van der Waals surface area contributed by atoms with E-state index in [-0.39, 0.29) is 0 Å². The fourth-order valence-corrected chi connectivity index (χ4v) is 2.64. The first kappa shape index (κ1) is 9.20. The highest BCUT2D eigenvalue weighted by Gasteiger charge is 2.44. The van der Waals surface area contributed by atoms with Gasteiger partial charge in [-0.3, -0.25) is 4.79 Å². The van der Waals surface area contributed by atoms with E-state index in [1.54, 1.807) is 0 Å². The third-order valence-electron chi connectivity index (χ3n) is 3.89. The molecular formula is C11H18O2. The van der Waals surface area contributed by atoms with Crippen LogP contribution in [-0.4, -0.2) is 19.0 Å². The molecule has 2 aliphatic rings. The molecule has 0 aromatic carbocycles. The smallest absolute Gasteiger partial charge is 0.132 e. The number of hydrogen-bond acceptors (Lipinski definition) is 2. The molecule has 2 heteroatoms. The van der Waals surface area contributed by atoms with Crippen molar-refractivity contribution in [3.05, 3.63) is 0 Å². The third-order valence-corrected chi connectivity index (χ3v) is 3.89. The van der Waals surface area contributed by atoms with Crippen molar-refractivity contribution in [3.63, 3.8) is 0 Å². The number of carbonyl (C=O) groups excluding carboxylic acids is 1. The zero-order chi connectivity index (χ0) is 9.31. The van der Waals surface area contributed by atoms with Gasteiger partial charge < -0.3 is 4.74 Å². The highest BCUT2D eigenvalue weighted by Crippen LogP contribution is 2.45. The van der Waals surface area contributed by atoms with Crippen LogP contribution in [0.2, 0.25) is 0 Å². The van der Waals surface area contributed by atoms with Crippen LogP contribution in [0.25, 0.3) is 0 Å². The van der Waals surface area contributed by atoms with Crippen LogP contribution in [0.15, 0.2) is 0 Å². The van der Waals surface area contributed by atoms with E-state index in [4.69, 9.17) is 4.74 Å². The highest BCUT2D eigenvalue weighted by atomic mass is 16.5. The van der Waals surface area contributed by atoms with Crippen molar-refractivity contribution in [1.29, 1.82) is 0 Å². The van der Waals surface area contributed by atoms with Gasteiger partial charge in [0.1, 0.15) is 5.78 Å². The van der Waals surface area contributed by atoms with E-state index in [2.05, 4.69) is 6.92 Å². The van der Waals surface area contributed by atoms with Gasteiger partial charge in [0.15, 0.2) is 0 Å². The van der Waals surface area contributed by atoms with Gasteiger partial charge in [-0.1, -0.05) is 6.92 Å². The second-order valence-corrected chi connectivity index (χ2v) is 4.52. The Kier molecular flexibility index (Phi) is 2.41. The Balaban J connectivity index is 1.96. The Hall–Kier alpha value is -0.370. The molecule has 0 amide bonds. The van der Waals surface area contributed by atoms with Gasteiger partial charge in [0.2, 0.25) is 0 Å². The molecule has 0 unspecified atom stereocenters. The van der Waals surface area contributed by atoms with E-state index in [1.165, 1.54) is 6.42 Å². The van der Waals surface area contributed by atoms with Crippen LogP contribution < -0.4 is 0 Å². The molecule has 0 atom stereocenters. The van der Waals surface area contributed by atoms with E-state index in [9.17, 15) is 4.79 Å². The summed E-state index contributed by atoms with van der Waals surface area (Å²) in [6.07, 6.45) is 5.05. The molecule has 0 spiro atoms. The molecule has 0 aromatic heterocycles. The number of ketones is 1. The van der Waals surface area contributed by atoms with Crippen molar-refractivity contribution in [3.8, 4) is 0 Å². The molecule has 2 nitrogen and oxygen atoms in total. The maximum atomic E-state index is 11.1. The summed E-state index contributed by atoms with van der Waals surface area (Å²) in [5.41, 5.74) is 0.445. The van der Waals surface area contributed by atoms with Gasteiger partial charge in [0.25, 0.3) is 0 Å². The molecule has 1 aliphatic carbocycles. The average molecular weight is 182 g/mol. The van der Waals surface area contributed by atoms with Crippen LogP contribution in [0.5, 0.6) is 0 Å². The fourth-order valence-electron chi connectivity index (χ4n) is 2.64. The molecular weight excluding hydrogens is 164 g/mol. The van der Waals surface area contributed by atoms with Gasteiger partial charge in [-0.15, -0.1) is 0 Å². The molecule has 2 fully saturated rings. The van der Waals surface area contributed by atoms with E-state index in [1.807, 2.05) is 0 Å². The standard InChI is InChI=1S/C11H18O2/c1-2-11(7-13-8-11)9-3-5-10(12)6-4-9/h9H,2-8H2,1H3. The molecule has 1 saturated heterocycles. The van der Waals surface area contributed by atoms with Crippen LogP contribution in [-0.2, 0) is 9.53 Å². The van der Waals surface area contributed by atoms with Gasteiger partial charge in [-0.2, -0.15) is 0 Å². The summed E-state index contributed by atoms with van der Waals surface area (Å²) in [4.78, 5) is 11.1. The first-order chi connectivity index (χ1) is 6.27. The van der Waals surface area contributed by atoms with Crippen LogP contribution in [0.1, 0.15) is 39.0 Å². The SMILES string of the molecule is CCC1(C2CCC(=O)CC2)COC1. The minimum absolute atomic E-state index is 0.445. The fraction of sp³-hybridized carbons (Fsp3) is 0.909. The largest absolute Gasteiger partial charge is 0.380 e. The van der Waals surface area contributed by atoms with Crippen molar-refractivity contribution in [2.45, 2.75) is 39.0 Å². The van der Waals surface area contributed by atoms with Crippen molar-refractivity contribution in [2.24, 2.45) is 11.3 Å². The summed E-state index contributed by atoms with van der Waals surface area (Å²) in [5.74, 6) is 1.21. The van der Waals surface area contributed by atoms with Gasteiger partial charge in [0.05, 0.1) is 13.2 Å². The van der Waals surface area contributed by atoms with E-state index >= 15 is 0 Å². The first-order valence-corrected chi connectivity index (χ1v) is 5.36. The number of carbonyl (C=O) groups is 1. The van der Waals surface area contributed by atoms with Gasteiger partial charge >= 0.3 is 0 Å². The van der Waals surface area contributed by atoms with Crippen molar-refractivity contribution >= 4 is 5.78 Å². The molecule has 0 aromatic rings. The molecule has 0 radical (unpaired) electrons.